The minimum absolute atomic E-state index is 0. The lowest BCUT2D eigenvalue weighted by molar-refractivity contribution is -0.117. The normalized spacial score (nSPS) is 10.8. The molecule has 12 heteroatoms. The third-order valence-corrected chi connectivity index (χ3v) is 6.38. The number of anilines is 1. The lowest BCUT2D eigenvalue weighted by atomic mass is 10.1. The number of hydrogen-bond donors (Lipinski definition) is 3. The average Bonchev–Trinajstić information content (AvgIpc) is 3.31. The first-order chi connectivity index (χ1) is 15.4. The van der Waals surface area contributed by atoms with E-state index in [-0.39, 0.29) is 31.4 Å². The van der Waals surface area contributed by atoms with Crippen molar-refractivity contribution in [1.29, 1.82) is 0 Å². The van der Waals surface area contributed by atoms with E-state index >= 15 is 0 Å². The number of carbonyl (C=O) groups is 1. The van der Waals surface area contributed by atoms with Crippen molar-refractivity contribution in [3.63, 3.8) is 0 Å². The van der Waals surface area contributed by atoms with Crippen molar-refractivity contribution in [2.24, 2.45) is 5.73 Å². The van der Waals surface area contributed by atoms with Crippen LogP contribution in [0.2, 0.25) is 0 Å². The molecule has 0 fully saturated rings. The van der Waals surface area contributed by atoms with E-state index in [1.54, 1.807) is 23.0 Å². The van der Waals surface area contributed by atoms with Crippen molar-refractivity contribution < 1.29 is 14.3 Å². The smallest absolute Gasteiger partial charge is 0.231 e. The van der Waals surface area contributed by atoms with Crippen molar-refractivity contribution in [3.05, 3.63) is 41.3 Å². The Balaban J connectivity index is 0.00000204. The number of amides is 1. The minimum atomic E-state index is -0.432. The molecule has 5 N–H and O–H groups in total. The molecular formula is C22H28Cl2N6O3S. The second-order valence-corrected chi connectivity index (χ2v) is 8.46. The maximum absolute atomic E-state index is 11.3. The molecule has 1 aromatic carbocycles. The SMILES string of the molecule is CCOCc1c(-c2cc3cc(C)cc(OC)c3s2)c2c(N)ncnn2c1CNCC(N)=O.Cl.Cl. The van der Waals surface area contributed by atoms with E-state index in [1.165, 1.54) is 6.33 Å². The highest BCUT2D eigenvalue weighted by Gasteiger charge is 2.24. The minimum Gasteiger partial charge on any atom is -0.495 e. The Morgan fingerprint density at radius 2 is 2.03 bits per heavy atom. The fourth-order valence-corrected chi connectivity index (χ4v) is 5.08. The van der Waals surface area contributed by atoms with Gasteiger partial charge in [-0.05, 0) is 36.9 Å². The number of halogens is 2. The van der Waals surface area contributed by atoms with Crippen LogP contribution in [0.15, 0.2) is 24.5 Å². The number of fused-ring (bicyclic) bond motifs is 2. The lowest BCUT2D eigenvalue weighted by Gasteiger charge is -2.08. The van der Waals surface area contributed by atoms with Gasteiger partial charge in [0.15, 0.2) is 5.82 Å². The number of benzene rings is 1. The number of hydrogen-bond acceptors (Lipinski definition) is 8. The Morgan fingerprint density at radius 1 is 1.26 bits per heavy atom. The molecule has 0 saturated heterocycles. The highest BCUT2D eigenvalue weighted by molar-refractivity contribution is 7.22. The number of nitrogens with one attached hydrogen (secondary N) is 1. The number of ether oxygens (including phenoxy) is 2. The fraction of sp³-hybridized carbons (Fsp3) is 0.318. The molecule has 0 aliphatic carbocycles. The zero-order valence-electron chi connectivity index (χ0n) is 19.1. The number of thiophene rings is 1. The molecule has 0 aliphatic rings. The molecule has 3 aromatic heterocycles. The van der Waals surface area contributed by atoms with Gasteiger partial charge in [-0.25, -0.2) is 9.50 Å². The fourth-order valence-electron chi connectivity index (χ4n) is 3.87. The van der Waals surface area contributed by atoms with Crippen LogP contribution in [-0.4, -0.2) is 40.8 Å². The van der Waals surface area contributed by atoms with Gasteiger partial charge in [0.25, 0.3) is 0 Å². The van der Waals surface area contributed by atoms with Gasteiger partial charge in [0, 0.05) is 29.2 Å². The number of nitrogens with zero attached hydrogens (tertiary/aromatic N) is 3. The van der Waals surface area contributed by atoms with Crippen LogP contribution in [0.4, 0.5) is 5.82 Å². The second kappa shape index (κ2) is 11.7. The Hall–Kier alpha value is -2.63. The van der Waals surface area contributed by atoms with Gasteiger partial charge in [-0.2, -0.15) is 5.10 Å². The van der Waals surface area contributed by atoms with E-state index in [0.717, 1.165) is 43.1 Å². The van der Waals surface area contributed by atoms with Crippen LogP contribution in [0.1, 0.15) is 23.7 Å². The van der Waals surface area contributed by atoms with Crippen LogP contribution < -0.4 is 21.5 Å². The average molecular weight is 527 g/mol. The zero-order chi connectivity index (χ0) is 22.8. The second-order valence-electron chi connectivity index (χ2n) is 7.41. The van der Waals surface area contributed by atoms with E-state index in [9.17, 15) is 4.79 Å². The van der Waals surface area contributed by atoms with E-state index in [1.807, 2.05) is 19.9 Å². The van der Waals surface area contributed by atoms with Crippen molar-refractivity contribution in [1.82, 2.24) is 19.9 Å². The molecule has 0 atom stereocenters. The number of methoxy groups -OCH3 is 1. The number of rotatable bonds is 9. The van der Waals surface area contributed by atoms with Crippen LogP contribution in [0.3, 0.4) is 0 Å². The number of primary amides is 1. The third kappa shape index (κ3) is 5.21. The van der Waals surface area contributed by atoms with Crippen LogP contribution >= 0.6 is 36.2 Å². The summed E-state index contributed by atoms with van der Waals surface area (Å²) in [5, 5.41) is 8.62. The largest absolute Gasteiger partial charge is 0.495 e. The quantitative estimate of drug-likeness (QED) is 0.304. The maximum atomic E-state index is 11.3. The van der Waals surface area contributed by atoms with Gasteiger partial charge in [-0.3, -0.25) is 4.79 Å². The summed E-state index contributed by atoms with van der Waals surface area (Å²) in [4.78, 5) is 16.5. The monoisotopic (exact) mass is 526 g/mol. The molecule has 184 valence electrons. The van der Waals surface area contributed by atoms with E-state index < -0.39 is 5.91 Å². The summed E-state index contributed by atoms with van der Waals surface area (Å²) >= 11 is 1.62. The van der Waals surface area contributed by atoms with Gasteiger partial charge in [0.05, 0.1) is 30.7 Å². The first kappa shape index (κ1) is 27.6. The summed E-state index contributed by atoms with van der Waals surface area (Å²) in [5.41, 5.74) is 16.2. The van der Waals surface area contributed by atoms with E-state index in [4.69, 9.17) is 20.9 Å². The van der Waals surface area contributed by atoms with Gasteiger partial charge in [0.1, 0.15) is 17.6 Å². The summed E-state index contributed by atoms with van der Waals surface area (Å²) in [7, 11) is 1.68. The summed E-state index contributed by atoms with van der Waals surface area (Å²) in [6, 6.07) is 6.29. The third-order valence-electron chi connectivity index (χ3n) is 5.20. The van der Waals surface area contributed by atoms with Gasteiger partial charge < -0.3 is 26.3 Å². The van der Waals surface area contributed by atoms with E-state index in [0.29, 0.717) is 31.1 Å². The molecule has 1 amide bonds. The number of nitrogen functional groups attached to an aromatic ring is 1. The predicted octanol–water partition coefficient (Wildman–Crippen LogP) is 3.47. The Morgan fingerprint density at radius 3 is 2.71 bits per heavy atom. The molecule has 34 heavy (non-hydrogen) atoms. The first-order valence-electron chi connectivity index (χ1n) is 10.2. The molecular weight excluding hydrogens is 499 g/mol. The molecule has 0 saturated carbocycles. The maximum Gasteiger partial charge on any atom is 0.231 e. The molecule has 9 nitrogen and oxygen atoms in total. The zero-order valence-corrected chi connectivity index (χ0v) is 21.5. The van der Waals surface area contributed by atoms with Crippen LogP contribution in [0, 0.1) is 6.92 Å². The number of carbonyl (C=O) groups excluding carboxylic acids is 1. The lowest BCUT2D eigenvalue weighted by Crippen LogP contribution is -2.29. The Bertz CT molecular complexity index is 1310. The number of nitrogens with two attached hydrogens (primary N) is 2. The molecule has 0 bridgehead atoms. The van der Waals surface area contributed by atoms with Gasteiger partial charge in [0.2, 0.25) is 5.91 Å². The molecule has 3 heterocycles. The van der Waals surface area contributed by atoms with Crippen LogP contribution in [0.5, 0.6) is 5.75 Å². The Labute approximate surface area is 213 Å². The summed E-state index contributed by atoms with van der Waals surface area (Å²) in [6.45, 7) is 5.34. The van der Waals surface area contributed by atoms with Gasteiger partial charge >= 0.3 is 0 Å². The molecule has 0 unspecified atom stereocenters. The van der Waals surface area contributed by atoms with Crippen molar-refractivity contribution in [2.45, 2.75) is 27.0 Å². The van der Waals surface area contributed by atoms with Crippen molar-refractivity contribution in [2.75, 3.05) is 26.0 Å². The summed E-state index contributed by atoms with van der Waals surface area (Å²) < 4.78 is 14.3. The number of aryl methyl sites for hydroxylation is 1. The highest BCUT2D eigenvalue weighted by atomic mass is 35.5. The molecule has 0 aliphatic heterocycles. The van der Waals surface area contributed by atoms with E-state index in [2.05, 4.69) is 27.5 Å². The van der Waals surface area contributed by atoms with Gasteiger partial charge in [-0.15, -0.1) is 36.2 Å². The van der Waals surface area contributed by atoms with Crippen LogP contribution in [0.25, 0.3) is 26.0 Å². The molecule has 4 rings (SSSR count). The Kier molecular flexibility index (Phi) is 9.48. The molecule has 0 spiro atoms. The highest BCUT2D eigenvalue weighted by Crippen LogP contribution is 2.44. The molecule has 0 radical (unpaired) electrons. The van der Waals surface area contributed by atoms with Gasteiger partial charge in [-0.1, -0.05) is 6.07 Å². The molecule has 4 aromatic rings. The summed E-state index contributed by atoms with van der Waals surface area (Å²) in [6.07, 6.45) is 1.42. The standard InChI is InChI=1S/C22H26N6O3S.2ClH/c1-4-31-10-14-15(8-25-9-18(23)29)28-20(22(24)26-11-27-28)19(14)17-7-13-5-12(2)6-16(30-3)21(13)32-17;;/h5-7,11,25H,4,8-10H2,1-3H3,(H2,23,29)(H2,24,26,27);2*1H. The topological polar surface area (TPSA) is 130 Å². The summed E-state index contributed by atoms with van der Waals surface area (Å²) in [5.74, 6) is 0.770. The van der Waals surface area contributed by atoms with Crippen molar-refractivity contribution >= 4 is 63.5 Å². The first-order valence-corrected chi connectivity index (χ1v) is 11.0. The van der Waals surface area contributed by atoms with Crippen LogP contribution in [-0.2, 0) is 22.7 Å². The predicted molar refractivity (Wildman–Crippen MR) is 140 cm³/mol. The van der Waals surface area contributed by atoms with Crippen molar-refractivity contribution in [3.8, 4) is 16.2 Å². The number of aromatic nitrogens is 3.